The molecule has 1 aliphatic heterocycles. The molecule has 1 unspecified atom stereocenters. The normalized spacial score (nSPS) is 15.6. The molecule has 2 heterocycles. The van der Waals surface area contributed by atoms with Crippen LogP contribution in [0.15, 0.2) is 49.3 Å². The van der Waals surface area contributed by atoms with E-state index in [1.165, 1.54) is 0 Å². The van der Waals surface area contributed by atoms with Gasteiger partial charge >= 0.3 is 0 Å². The van der Waals surface area contributed by atoms with E-state index in [0.29, 0.717) is 5.92 Å². The van der Waals surface area contributed by atoms with Crippen LogP contribution in [0.3, 0.4) is 0 Å². The minimum Gasteiger partial charge on any atom is -0.356 e. The maximum absolute atomic E-state index is 10.6. The van der Waals surface area contributed by atoms with Crippen LogP contribution in [0.25, 0.3) is 17.3 Å². The van der Waals surface area contributed by atoms with E-state index >= 15 is 0 Å². The number of allylic oxidation sites excluding steroid dienone is 2. The van der Waals surface area contributed by atoms with Gasteiger partial charge in [0.2, 0.25) is 6.35 Å². The Morgan fingerprint density at radius 2 is 1.93 bits per heavy atom. The highest BCUT2D eigenvalue weighted by Crippen LogP contribution is 2.40. The van der Waals surface area contributed by atoms with Crippen LogP contribution >= 0.6 is 0 Å². The number of aliphatic hydroxyl groups is 1. The van der Waals surface area contributed by atoms with E-state index in [1.54, 1.807) is 18.5 Å². The molecule has 0 amide bonds. The zero-order valence-electron chi connectivity index (χ0n) is 17.6. The first-order valence-corrected chi connectivity index (χ1v) is 9.94. The number of fused-ring (bicyclic) bond motifs is 1. The molecular weight excluding hydrogens is 348 g/mol. The van der Waals surface area contributed by atoms with Crippen LogP contribution < -0.4 is 9.80 Å². The molecule has 28 heavy (non-hydrogen) atoms. The molecule has 1 aromatic heterocycles. The Hall–Kier alpha value is -2.66. The van der Waals surface area contributed by atoms with Gasteiger partial charge in [-0.2, -0.15) is 0 Å². The lowest BCUT2D eigenvalue weighted by molar-refractivity contribution is 0.176. The van der Waals surface area contributed by atoms with Crippen molar-refractivity contribution >= 4 is 17.5 Å². The molecule has 0 fully saturated rings. The number of hydrogen-bond acceptors (Lipinski definition) is 5. The first kappa shape index (κ1) is 21.6. The van der Waals surface area contributed by atoms with Crippen LogP contribution in [0.4, 0.5) is 11.4 Å². The summed E-state index contributed by atoms with van der Waals surface area (Å²) in [5.74, 6) is 0.597. The van der Waals surface area contributed by atoms with Crippen molar-refractivity contribution in [2.45, 2.75) is 40.5 Å². The maximum atomic E-state index is 10.6. The predicted octanol–water partition coefficient (Wildman–Crippen LogP) is 4.95. The molecule has 5 heteroatoms. The molecule has 0 bridgehead atoms. The number of nitrogens with zero attached hydrogens (tertiary/aromatic N) is 4. The minimum absolute atomic E-state index is 0.597. The molecule has 5 nitrogen and oxygen atoms in total. The fraction of sp³-hybridized carbons (Fsp3) is 0.391. The lowest BCUT2D eigenvalue weighted by Crippen LogP contribution is -2.41. The van der Waals surface area contributed by atoms with Gasteiger partial charge in [0.1, 0.15) is 0 Å². The van der Waals surface area contributed by atoms with Gasteiger partial charge in [-0.1, -0.05) is 52.5 Å². The molecule has 1 aromatic carbocycles. The third kappa shape index (κ3) is 4.78. The highest BCUT2D eigenvalue weighted by Gasteiger charge is 2.32. The summed E-state index contributed by atoms with van der Waals surface area (Å²) in [5.41, 5.74) is 4.66. The van der Waals surface area contributed by atoms with Crippen molar-refractivity contribution in [1.82, 2.24) is 9.97 Å². The number of aromatic nitrogens is 2. The van der Waals surface area contributed by atoms with E-state index in [-0.39, 0.29) is 0 Å². The van der Waals surface area contributed by atoms with Gasteiger partial charge in [-0.05, 0) is 30.5 Å². The molecule has 150 valence electrons. The Kier molecular flexibility index (Phi) is 7.76. The Balaban J connectivity index is 0.00000136. The molecule has 0 radical (unpaired) electrons. The number of hydrogen-bond donors (Lipinski definition) is 1. The summed E-state index contributed by atoms with van der Waals surface area (Å²) in [6.45, 7) is 12.9. The Morgan fingerprint density at radius 3 is 2.54 bits per heavy atom. The zero-order chi connectivity index (χ0) is 20.7. The summed E-state index contributed by atoms with van der Waals surface area (Å²) in [6.07, 6.45) is 9.34. The largest absolute Gasteiger partial charge is 0.356 e. The van der Waals surface area contributed by atoms with Crippen LogP contribution in [0.1, 0.15) is 39.8 Å². The molecule has 0 aliphatic carbocycles. The number of aliphatic hydroxyl groups excluding tert-OH is 1. The molecule has 0 spiro atoms. The van der Waals surface area contributed by atoms with Gasteiger partial charge < -0.3 is 14.9 Å². The lowest BCUT2D eigenvalue weighted by Gasteiger charge is -2.26. The zero-order valence-corrected chi connectivity index (χ0v) is 17.6. The minimum atomic E-state index is -0.628. The summed E-state index contributed by atoms with van der Waals surface area (Å²) >= 11 is 0. The van der Waals surface area contributed by atoms with Gasteiger partial charge in [0, 0.05) is 19.2 Å². The van der Waals surface area contributed by atoms with Gasteiger partial charge in [0.15, 0.2) is 0 Å². The molecule has 3 rings (SSSR count). The van der Waals surface area contributed by atoms with E-state index in [9.17, 15) is 5.11 Å². The Morgan fingerprint density at radius 1 is 1.18 bits per heavy atom. The highest BCUT2D eigenvalue weighted by molar-refractivity contribution is 5.81. The van der Waals surface area contributed by atoms with Gasteiger partial charge in [0.05, 0.1) is 35.2 Å². The smallest absolute Gasteiger partial charge is 0.207 e. The second-order valence-electron chi connectivity index (χ2n) is 6.96. The molecule has 0 saturated carbocycles. The maximum Gasteiger partial charge on any atom is 0.207 e. The van der Waals surface area contributed by atoms with Crippen molar-refractivity contribution in [3.05, 3.63) is 55.0 Å². The molecular formula is C23H32N4O. The quantitative estimate of drug-likeness (QED) is 0.719. The fourth-order valence-corrected chi connectivity index (χ4v) is 3.04. The number of anilines is 2. The van der Waals surface area contributed by atoms with Gasteiger partial charge in [-0.3, -0.25) is 9.97 Å². The van der Waals surface area contributed by atoms with Crippen molar-refractivity contribution in [3.63, 3.8) is 0 Å². The lowest BCUT2D eigenvalue weighted by atomic mass is 10.1. The highest BCUT2D eigenvalue weighted by atomic mass is 16.3. The van der Waals surface area contributed by atoms with Gasteiger partial charge in [-0.15, -0.1) is 0 Å². The van der Waals surface area contributed by atoms with Crippen LogP contribution in [0.5, 0.6) is 0 Å². The van der Waals surface area contributed by atoms with E-state index in [4.69, 9.17) is 0 Å². The van der Waals surface area contributed by atoms with Crippen molar-refractivity contribution in [2.24, 2.45) is 5.92 Å². The van der Waals surface area contributed by atoms with Crippen LogP contribution in [-0.2, 0) is 0 Å². The topological polar surface area (TPSA) is 52.5 Å². The molecule has 1 atom stereocenters. The third-order valence-corrected chi connectivity index (χ3v) is 4.61. The first-order chi connectivity index (χ1) is 13.5. The summed E-state index contributed by atoms with van der Waals surface area (Å²) in [7, 11) is 1.91. The van der Waals surface area contributed by atoms with Gasteiger partial charge in [-0.25, -0.2) is 0 Å². The van der Waals surface area contributed by atoms with Crippen LogP contribution in [-0.4, -0.2) is 35.0 Å². The second kappa shape index (κ2) is 10.0. The monoisotopic (exact) mass is 380 g/mol. The van der Waals surface area contributed by atoms with Crippen molar-refractivity contribution in [3.8, 4) is 11.3 Å². The fourth-order valence-electron chi connectivity index (χ4n) is 3.04. The van der Waals surface area contributed by atoms with Crippen LogP contribution in [0, 0.1) is 5.92 Å². The predicted molar refractivity (Wildman–Crippen MR) is 119 cm³/mol. The molecule has 0 saturated heterocycles. The van der Waals surface area contributed by atoms with E-state index in [1.807, 2.05) is 48.9 Å². The van der Waals surface area contributed by atoms with Crippen molar-refractivity contribution in [1.29, 1.82) is 0 Å². The molecule has 1 N–H and O–H groups in total. The summed E-state index contributed by atoms with van der Waals surface area (Å²) in [6, 6.07) is 6.17. The second-order valence-corrected chi connectivity index (χ2v) is 6.96. The number of rotatable bonds is 6. The third-order valence-electron chi connectivity index (χ3n) is 4.61. The number of benzene rings is 1. The van der Waals surface area contributed by atoms with Crippen molar-refractivity contribution < 1.29 is 5.11 Å². The molecule has 1 aliphatic rings. The first-order valence-electron chi connectivity index (χ1n) is 9.94. The van der Waals surface area contributed by atoms with E-state index in [2.05, 4.69) is 42.5 Å². The van der Waals surface area contributed by atoms with Crippen molar-refractivity contribution in [2.75, 3.05) is 23.4 Å². The Labute approximate surface area is 169 Å². The average Bonchev–Trinajstić information content (AvgIpc) is 2.96. The van der Waals surface area contributed by atoms with E-state index < -0.39 is 6.35 Å². The molecule has 2 aromatic rings. The summed E-state index contributed by atoms with van der Waals surface area (Å²) in [5, 5.41) is 10.6. The summed E-state index contributed by atoms with van der Waals surface area (Å²) < 4.78 is 0. The Bertz CT molecular complexity index is 799. The summed E-state index contributed by atoms with van der Waals surface area (Å²) in [4.78, 5) is 12.9. The van der Waals surface area contributed by atoms with E-state index in [0.717, 1.165) is 41.3 Å². The average molecular weight is 381 g/mol. The standard InChI is InChI=1S/C21H26N4O.C2H6/c1-5-6-7-17-13-23-18(14-22-17)16-8-9-19-20(12-16)24(4)21(26)25(19)11-10-15(2)3;1-2/h5-9,12-15,21,26H,1,10-11H2,2-4H3;1-2H3/b7-6-;. The van der Waals surface area contributed by atoms with Crippen LogP contribution in [0.2, 0.25) is 0 Å². The van der Waals surface area contributed by atoms with Gasteiger partial charge in [0.25, 0.3) is 0 Å². The SMILES string of the molecule is C=C/C=C\c1cnc(-c2ccc3c(c2)N(C)C(O)N3CCC(C)C)cn1.CC.